The van der Waals surface area contributed by atoms with Gasteiger partial charge in [0.1, 0.15) is 17.5 Å². The molecule has 6 heteroatoms. The number of hydrogen-bond acceptors (Lipinski definition) is 4. The number of para-hydroxylation sites is 1. The maximum absolute atomic E-state index is 12.8. The summed E-state index contributed by atoms with van der Waals surface area (Å²) in [5, 5.41) is 2.81. The van der Waals surface area contributed by atoms with Crippen molar-refractivity contribution in [1.29, 1.82) is 0 Å². The fraction of sp³-hybridized carbons (Fsp3) is 0.300. The van der Waals surface area contributed by atoms with E-state index in [2.05, 4.69) is 5.32 Å². The zero-order chi connectivity index (χ0) is 18.5. The van der Waals surface area contributed by atoms with Crippen LogP contribution < -0.4 is 19.7 Å². The average molecular weight is 354 g/mol. The summed E-state index contributed by atoms with van der Waals surface area (Å²) >= 11 is 0. The summed E-state index contributed by atoms with van der Waals surface area (Å²) in [6.07, 6.45) is 0.507. The number of fused-ring (bicyclic) bond motifs is 1. The van der Waals surface area contributed by atoms with E-state index in [1.54, 1.807) is 36.3 Å². The summed E-state index contributed by atoms with van der Waals surface area (Å²) in [6.45, 7) is 2.23. The van der Waals surface area contributed by atoms with Gasteiger partial charge in [-0.15, -0.1) is 0 Å². The van der Waals surface area contributed by atoms with E-state index < -0.39 is 6.04 Å². The standard InChI is InChI=1S/C20H22N2O4/c1-3-21-20(24)18-11-14-7-4-5-10-17(14)22(18)19(23)13-26-16-9-6-8-15(12-16)25-2/h4-10,12,18H,3,11,13H2,1-2H3,(H,21,24). The SMILES string of the molecule is CCNC(=O)C1Cc2ccccc2N1C(=O)COc1cccc(OC)c1. The predicted molar refractivity (Wildman–Crippen MR) is 98.6 cm³/mol. The van der Waals surface area contributed by atoms with Crippen LogP contribution in [-0.2, 0) is 16.0 Å². The molecule has 0 bridgehead atoms. The smallest absolute Gasteiger partial charge is 0.265 e. The first-order valence-electron chi connectivity index (χ1n) is 8.58. The molecular formula is C20H22N2O4. The van der Waals surface area contributed by atoms with Gasteiger partial charge in [-0.2, -0.15) is 0 Å². The largest absolute Gasteiger partial charge is 0.497 e. The number of anilines is 1. The minimum absolute atomic E-state index is 0.154. The number of hydrogen-bond donors (Lipinski definition) is 1. The summed E-state index contributed by atoms with van der Waals surface area (Å²) in [7, 11) is 1.57. The Morgan fingerprint density at radius 1 is 1.15 bits per heavy atom. The van der Waals surface area contributed by atoms with Crippen molar-refractivity contribution in [1.82, 2.24) is 5.32 Å². The van der Waals surface area contributed by atoms with Crippen molar-refractivity contribution >= 4 is 17.5 Å². The third-order valence-electron chi connectivity index (χ3n) is 4.30. The van der Waals surface area contributed by atoms with Crippen LogP contribution in [0.3, 0.4) is 0 Å². The van der Waals surface area contributed by atoms with Crippen LogP contribution in [-0.4, -0.2) is 38.1 Å². The molecule has 136 valence electrons. The number of nitrogens with one attached hydrogen (secondary N) is 1. The van der Waals surface area contributed by atoms with Gasteiger partial charge >= 0.3 is 0 Å². The molecule has 3 rings (SSSR count). The average Bonchev–Trinajstić information content (AvgIpc) is 3.06. The van der Waals surface area contributed by atoms with E-state index in [9.17, 15) is 9.59 Å². The third kappa shape index (κ3) is 3.64. The Morgan fingerprint density at radius 3 is 2.69 bits per heavy atom. The summed E-state index contributed by atoms with van der Waals surface area (Å²) < 4.78 is 10.8. The van der Waals surface area contributed by atoms with E-state index in [4.69, 9.17) is 9.47 Å². The highest BCUT2D eigenvalue weighted by molar-refractivity contribution is 6.04. The van der Waals surface area contributed by atoms with Gasteiger partial charge in [-0.3, -0.25) is 14.5 Å². The van der Waals surface area contributed by atoms with Gasteiger partial charge in [-0.1, -0.05) is 24.3 Å². The number of benzene rings is 2. The molecule has 1 atom stereocenters. The lowest BCUT2D eigenvalue weighted by Gasteiger charge is -2.24. The number of amides is 2. The van der Waals surface area contributed by atoms with Crippen LogP contribution in [0.1, 0.15) is 12.5 Å². The first-order valence-corrected chi connectivity index (χ1v) is 8.58. The van der Waals surface area contributed by atoms with Gasteiger partial charge < -0.3 is 14.8 Å². The maximum atomic E-state index is 12.8. The van der Waals surface area contributed by atoms with Crippen molar-refractivity contribution < 1.29 is 19.1 Å². The van der Waals surface area contributed by atoms with Gasteiger partial charge in [-0.25, -0.2) is 0 Å². The van der Waals surface area contributed by atoms with Gasteiger partial charge in [0, 0.05) is 24.7 Å². The van der Waals surface area contributed by atoms with Crippen molar-refractivity contribution in [3.05, 3.63) is 54.1 Å². The summed E-state index contributed by atoms with van der Waals surface area (Å²) in [5.74, 6) is 0.786. The van der Waals surface area contributed by atoms with Gasteiger partial charge in [0.05, 0.1) is 7.11 Å². The maximum Gasteiger partial charge on any atom is 0.265 e. The van der Waals surface area contributed by atoms with Crippen molar-refractivity contribution in [2.24, 2.45) is 0 Å². The van der Waals surface area contributed by atoms with E-state index in [1.165, 1.54) is 0 Å². The monoisotopic (exact) mass is 354 g/mol. The fourth-order valence-corrected chi connectivity index (χ4v) is 3.10. The van der Waals surface area contributed by atoms with Crippen LogP contribution in [0.15, 0.2) is 48.5 Å². The van der Waals surface area contributed by atoms with E-state index in [1.807, 2.05) is 31.2 Å². The number of rotatable bonds is 6. The van der Waals surface area contributed by atoms with E-state index in [-0.39, 0.29) is 18.4 Å². The minimum Gasteiger partial charge on any atom is -0.497 e. The molecule has 2 aromatic carbocycles. The Labute approximate surface area is 152 Å². The van der Waals surface area contributed by atoms with E-state index >= 15 is 0 Å². The first kappa shape index (κ1) is 17.8. The zero-order valence-electron chi connectivity index (χ0n) is 14.9. The molecule has 0 spiro atoms. The van der Waals surface area contributed by atoms with Crippen LogP contribution in [0.5, 0.6) is 11.5 Å². The Morgan fingerprint density at radius 2 is 1.92 bits per heavy atom. The second-order valence-electron chi connectivity index (χ2n) is 5.97. The van der Waals surface area contributed by atoms with Crippen LogP contribution >= 0.6 is 0 Å². The lowest BCUT2D eigenvalue weighted by atomic mass is 10.1. The number of likely N-dealkylation sites (N-methyl/N-ethyl adjacent to an activating group) is 1. The van der Waals surface area contributed by atoms with Crippen LogP contribution in [0, 0.1) is 0 Å². The molecule has 6 nitrogen and oxygen atoms in total. The summed E-state index contributed by atoms with van der Waals surface area (Å²) in [6, 6.07) is 14.1. The number of nitrogens with zero attached hydrogens (tertiary/aromatic N) is 1. The van der Waals surface area contributed by atoms with E-state index in [0.29, 0.717) is 24.5 Å². The van der Waals surface area contributed by atoms with Crippen molar-refractivity contribution in [3.8, 4) is 11.5 Å². The molecule has 1 unspecified atom stereocenters. The highest BCUT2D eigenvalue weighted by Crippen LogP contribution is 2.32. The van der Waals surface area contributed by atoms with Crippen LogP contribution in [0.4, 0.5) is 5.69 Å². The van der Waals surface area contributed by atoms with E-state index in [0.717, 1.165) is 11.3 Å². The molecule has 2 amide bonds. The highest BCUT2D eigenvalue weighted by atomic mass is 16.5. The molecule has 0 aromatic heterocycles. The number of ether oxygens (including phenoxy) is 2. The molecule has 0 radical (unpaired) electrons. The van der Waals surface area contributed by atoms with Crippen molar-refractivity contribution in [2.45, 2.75) is 19.4 Å². The predicted octanol–water partition coefficient (Wildman–Crippen LogP) is 2.17. The molecule has 1 aliphatic rings. The van der Waals surface area contributed by atoms with Gasteiger partial charge in [-0.05, 0) is 30.7 Å². The number of carbonyl (C=O) groups excluding carboxylic acids is 2. The molecule has 1 aliphatic heterocycles. The summed E-state index contributed by atoms with van der Waals surface area (Å²) in [5.41, 5.74) is 1.75. The Bertz CT molecular complexity index is 806. The first-order chi connectivity index (χ1) is 12.6. The zero-order valence-corrected chi connectivity index (χ0v) is 14.9. The highest BCUT2D eigenvalue weighted by Gasteiger charge is 2.38. The topological polar surface area (TPSA) is 67.9 Å². The molecule has 2 aromatic rings. The number of carbonyl (C=O) groups is 2. The van der Waals surface area contributed by atoms with Crippen LogP contribution in [0.2, 0.25) is 0 Å². The Balaban J connectivity index is 1.77. The van der Waals surface area contributed by atoms with Crippen LogP contribution in [0.25, 0.3) is 0 Å². The molecule has 1 N–H and O–H groups in total. The molecule has 0 aliphatic carbocycles. The molecule has 1 heterocycles. The normalized spacial score (nSPS) is 15.3. The molecule has 0 saturated heterocycles. The fourth-order valence-electron chi connectivity index (χ4n) is 3.10. The third-order valence-corrected chi connectivity index (χ3v) is 4.30. The molecule has 0 saturated carbocycles. The van der Waals surface area contributed by atoms with Crippen molar-refractivity contribution in [2.75, 3.05) is 25.2 Å². The Hall–Kier alpha value is -3.02. The Kier molecular flexibility index (Phi) is 5.41. The second kappa shape index (κ2) is 7.91. The molecular weight excluding hydrogens is 332 g/mol. The summed E-state index contributed by atoms with van der Waals surface area (Å²) in [4.78, 5) is 26.8. The number of methoxy groups -OCH3 is 1. The minimum atomic E-state index is -0.547. The van der Waals surface area contributed by atoms with Gasteiger partial charge in [0.25, 0.3) is 5.91 Å². The lowest BCUT2D eigenvalue weighted by Crippen LogP contribution is -2.49. The van der Waals surface area contributed by atoms with Gasteiger partial charge in [0.15, 0.2) is 6.61 Å². The lowest BCUT2D eigenvalue weighted by molar-refractivity contribution is -0.126. The van der Waals surface area contributed by atoms with Crippen molar-refractivity contribution in [3.63, 3.8) is 0 Å². The molecule has 0 fully saturated rings. The molecule has 26 heavy (non-hydrogen) atoms. The second-order valence-corrected chi connectivity index (χ2v) is 5.97. The quantitative estimate of drug-likeness (QED) is 0.863. The van der Waals surface area contributed by atoms with Gasteiger partial charge in [0.2, 0.25) is 5.91 Å².